The predicted octanol–water partition coefficient (Wildman–Crippen LogP) is 1.88. The van der Waals surface area contributed by atoms with Gasteiger partial charge in [-0.1, -0.05) is 6.07 Å². The standard InChI is InChI=1S/C13H15N5O/c1-7(2)18-11-4-3-8(5-10(11)16-13(18)19)9-6-15-17-12(9)14/h3-7H,1-2H3,(H,16,19)(H3,14,15,17). The summed E-state index contributed by atoms with van der Waals surface area (Å²) in [5.41, 5.74) is 9.17. The van der Waals surface area contributed by atoms with Gasteiger partial charge in [0.1, 0.15) is 5.82 Å². The number of aromatic nitrogens is 4. The van der Waals surface area contributed by atoms with Crippen LogP contribution in [-0.2, 0) is 0 Å². The molecule has 4 N–H and O–H groups in total. The van der Waals surface area contributed by atoms with Crippen molar-refractivity contribution in [3.63, 3.8) is 0 Å². The molecule has 0 aliphatic rings. The highest BCUT2D eigenvalue weighted by molar-refractivity contribution is 5.84. The number of hydrogen-bond donors (Lipinski definition) is 3. The van der Waals surface area contributed by atoms with E-state index in [4.69, 9.17) is 5.73 Å². The molecule has 0 radical (unpaired) electrons. The van der Waals surface area contributed by atoms with Gasteiger partial charge in [0.15, 0.2) is 0 Å². The van der Waals surface area contributed by atoms with Crippen LogP contribution in [0, 0.1) is 0 Å². The molecular weight excluding hydrogens is 242 g/mol. The first-order valence-electron chi connectivity index (χ1n) is 6.11. The second-order valence-corrected chi connectivity index (χ2v) is 4.82. The Morgan fingerprint density at radius 2 is 2.16 bits per heavy atom. The number of H-pyrrole nitrogens is 2. The third-order valence-corrected chi connectivity index (χ3v) is 3.21. The molecule has 0 amide bonds. The topological polar surface area (TPSA) is 92.5 Å². The zero-order chi connectivity index (χ0) is 13.6. The first kappa shape index (κ1) is 11.6. The third kappa shape index (κ3) is 1.72. The van der Waals surface area contributed by atoms with Crippen molar-refractivity contribution in [2.45, 2.75) is 19.9 Å². The van der Waals surface area contributed by atoms with Crippen molar-refractivity contribution in [1.82, 2.24) is 19.7 Å². The highest BCUT2D eigenvalue weighted by Gasteiger charge is 2.11. The van der Waals surface area contributed by atoms with Gasteiger partial charge in [-0.2, -0.15) is 5.10 Å². The molecule has 2 heterocycles. The summed E-state index contributed by atoms with van der Waals surface area (Å²) in [7, 11) is 0. The monoisotopic (exact) mass is 257 g/mol. The van der Waals surface area contributed by atoms with E-state index in [-0.39, 0.29) is 11.7 Å². The first-order valence-corrected chi connectivity index (χ1v) is 6.11. The van der Waals surface area contributed by atoms with Crippen LogP contribution in [0.15, 0.2) is 29.2 Å². The number of hydrogen-bond acceptors (Lipinski definition) is 3. The van der Waals surface area contributed by atoms with Gasteiger partial charge in [0.2, 0.25) is 0 Å². The number of benzene rings is 1. The number of nitrogens with one attached hydrogen (secondary N) is 2. The van der Waals surface area contributed by atoms with E-state index in [1.165, 1.54) is 0 Å². The molecule has 0 spiro atoms. The molecule has 3 rings (SSSR count). The van der Waals surface area contributed by atoms with Crippen molar-refractivity contribution >= 4 is 16.9 Å². The molecule has 19 heavy (non-hydrogen) atoms. The van der Waals surface area contributed by atoms with Gasteiger partial charge < -0.3 is 10.7 Å². The molecule has 0 atom stereocenters. The van der Waals surface area contributed by atoms with E-state index in [0.717, 1.165) is 22.2 Å². The molecule has 0 unspecified atom stereocenters. The number of anilines is 1. The van der Waals surface area contributed by atoms with Crippen molar-refractivity contribution in [2.75, 3.05) is 5.73 Å². The minimum atomic E-state index is -0.0951. The maximum absolute atomic E-state index is 11.9. The Morgan fingerprint density at radius 3 is 2.79 bits per heavy atom. The molecule has 0 bridgehead atoms. The highest BCUT2D eigenvalue weighted by atomic mass is 16.1. The Balaban J connectivity index is 2.24. The number of nitrogen functional groups attached to an aromatic ring is 1. The second kappa shape index (κ2) is 4.01. The van der Waals surface area contributed by atoms with E-state index in [9.17, 15) is 4.79 Å². The van der Waals surface area contributed by atoms with Gasteiger partial charge >= 0.3 is 5.69 Å². The van der Waals surface area contributed by atoms with Crippen LogP contribution in [0.5, 0.6) is 0 Å². The molecule has 3 aromatic rings. The molecule has 0 aliphatic carbocycles. The number of nitrogens with zero attached hydrogens (tertiary/aromatic N) is 2. The Morgan fingerprint density at radius 1 is 1.37 bits per heavy atom. The zero-order valence-corrected chi connectivity index (χ0v) is 10.8. The molecule has 0 saturated heterocycles. The Labute approximate surface area is 109 Å². The van der Waals surface area contributed by atoms with Crippen LogP contribution in [0.25, 0.3) is 22.2 Å². The van der Waals surface area contributed by atoms with Crippen LogP contribution in [0.2, 0.25) is 0 Å². The lowest BCUT2D eigenvalue weighted by atomic mass is 10.1. The van der Waals surface area contributed by atoms with E-state index >= 15 is 0 Å². The quantitative estimate of drug-likeness (QED) is 0.654. The lowest BCUT2D eigenvalue weighted by Gasteiger charge is -2.07. The highest BCUT2D eigenvalue weighted by Crippen LogP contribution is 2.26. The van der Waals surface area contributed by atoms with E-state index in [1.54, 1.807) is 10.8 Å². The first-order chi connectivity index (χ1) is 9.08. The summed E-state index contributed by atoms with van der Waals surface area (Å²) in [6, 6.07) is 5.90. The molecule has 1 aromatic carbocycles. The molecule has 0 aliphatic heterocycles. The SMILES string of the molecule is CC(C)n1c(=O)[nH]c2cc(-c3cn[nH]c3N)ccc21. The fourth-order valence-electron chi connectivity index (χ4n) is 2.34. The Hall–Kier alpha value is -2.50. The van der Waals surface area contributed by atoms with Crippen LogP contribution < -0.4 is 11.4 Å². The van der Waals surface area contributed by atoms with Gasteiger partial charge in [-0.05, 0) is 31.5 Å². The van der Waals surface area contributed by atoms with E-state index in [0.29, 0.717) is 5.82 Å². The average Bonchev–Trinajstić information content (AvgIpc) is 2.90. The summed E-state index contributed by atoms with van der Waals surface area (Å²) >= 11 is 0. The average molecular weight is 257 g/mol. The van der Waals surface area contributed by atoms with Gasteiger partial charge in [0, 0.05) is 11.6 Å². The molecule has 0 fully saturated rings. The smallest absolute Gasteiger partial charge is 0.326 e. The Kier molecular flexibility index (Phi) is 2.45. The normalized spacial score (nSPS) is 11.5. The fourth-order valence-corrected chi connectivity index (χ4v) is 2.34. The second-order valence-electron chi connectivity index (χ2n) is 4.82. The van der Waals surface area contributed by atoms with Crippen LogP contribution in [0.3, 0.4) is 0 Å². The molecule has 2 aromatic heterocycles. The largest absolute Gasteiger partial charge is 0.384 e. The van der Waals surface area contributed by atoms with Crippen LogP contribution in [0.1, 0.15) is 19.9 Å². The third-order valence-electron chi connectivity index (χ3n) is 3.21. The van der Waals surface area contributed by atoms with Gasteiger partial charge in [0.25, 0.3) is 0 Å². The lowest BCUT2D eigenvalue weighted by molar-refractivity contribution is 0.598. The lowest BCUT2D eigenvalue weighted by Crippen LogP contribution is -2.18. The summed E-state index contributed by atoms with van der Waals surface area (Å²) in [5.74, 6) is 0.519. The number of nitrogens with two attached hydrogens (primary N) is 1. The molecule has 98 valence electrons. The number of rotatable bonds is 2. The van der Waals surface area contributed by atoms with Crippen molar-refractivity contribution in [1.29, 1.82) is 0 Å². The molecular formula is C13H15N5O. The van der Waals surface area contributed by atoms with Gasteiger partial charge in [-0.15, -0.1) is 0 Å². The predicted molar refractivity (Wildman–Crippen MR) is 74.9 cm³/mol. The van der Waals surface area contributed by atoms with Gasteiger partial charge in [0.05, 0.1) is 17.2 Å². The van der Waals surface area contributed by atoms with E-state index in [1.807, 2.05) is 32.0 Å². The van der Waals surface area contributed by atoms with Gasteiger partial charge in [-0.25, -0.2) is 4.79 Å². The summed E-state index contributed by atoms with van der Waals surface area (Å²) < 4.78 is 1.73. The summed E-state index contributed by atoms with van der Waals surface area (Å²) in [6.45, 7) is 3.97. The Bertz CT molecular complexity index is 793. The van der Waals surface area contributed by atoms with Crippen LogP contribution in [-0.4, -0.2) is 19.7 Å². The summed E-state index contributed by atoms with van der Waals surface area (Å²) in [6.07, 6.45) is 1.67. The van der Waals surface area contributed by atoms with E-state index in [2.05, 4.69) is 15.2 Å². The maximum atomic E-state index is 11.9. The number of imidazole rings is 1. The maximum Gasteiger partial charge on any atom is 0.326 e. The van der Waals surface area contributed by atoms with Crippen molar-refractivity contribution in [3.05, 3.63) is 34.9 Å². The minimum absolute atomic E-state index is 0.0951. The number of aromatic amines is 2. The van der Waals surface area contributed by atoms with Crippen molar-refractivity contribution in [3.8, 4) is 11.1 Å². The van der Waals surface area contributed by atoms with E-state index < -0.39 is 0 Å². The summed E-state index contributed by atoms with van der Waals surface area (Å²) in [5, 5.41) is 6.60. The zero-order valence-electron chi connectivity index (χ0n) is 10.8. The van der Waals surface area contributed by atoms with Gasteiger partial charge in [-0.3, -0.25) is 9.67 Å². The molecule has 0 saturated carbocycles. The van der Waals surface area contributed by atoms with Crippen molar-refractivity contribution < 1.29 is 0 Å². The van der Waals surface area contributed by atoms with Crippen LogP contribution >= 0.6 is 0 Å². The fraction of sp³-hybridized carbons (Fsp3) is 0.231. The minimum Gasteiger partial charge on any atom is -0.384 e. The summed E-state index contributed by atoms with van der Waals surface area (Å²) in [4.78, 5) is 14.8. The number of fused-ring (bicyclic) bond motifs is 1. The van der Waals surface area contributed by atoms with Crippen molar-refractivity contribution in [2.24, 2.45) is 0 Å². The van der Waals surface area contributed by atoms with Crippen LogP contribution in [0.4, 0.5) is 5.82 Å². The molecule has 6 nitrogen and oxygen atoms in total. The molecule has 6 heteroatoms.